The zero-order valence-corrected chi connectivity index (χ0v) is 31.2. The molecule has 13 N–H and O–H groups in total. The predicted octanol–water partition coefficient (Wildman–Crippen LogP) is -6.70. The average molecular weight is 845 g/mol. The van der Waals surface area contributed by atoms with Crippen molar-refractivity contribution in [2.45, 2.75) is 174 Å². The molecule has 4 saturated heterocycles. The van der Waals surface area contributed by atoms with Crippen molar-refractivity contribution in [2.75, 3.05) is 19.8 Å². The molecule has 0 aromatic carbocycles. The van der Waals surface area contributed by atoms with Crippen molar-refractivity contribution in [3.05, 3.63) is 0 Å². The Kier molecular flexibility index (Phi) is 15.4. The summed E-state index contributed by atoms with van der Waals surface area (Å²) >= 11 is 0. The SMILES string of the molecule is O=C(O)CC(=O)OCC1OC(OC2CC3C(O)CC(OC4OC(CO)C(O)C(O)C4O)CC3OC2C2CCC(O)C(O)C2)C(OC2OCC(O)C(O)C2O)C(O)C1O. The van der Waals surface area contributed by atoms with Crippen LogP contribution in [-0.4, -0.2) is 227 Å². The van der Waals surface area contributed by atoms with E-state index in [1.165, 1.54) is 0 Å². The van der Waals surface area contributed by atoms with E-state index in [0.29, 0.717) is 6.42 Å². The molecule has 6 rings (SSSR count). The number of esters is 1. The molecule has 0 aromatic heterocycles. The molecule has 6 fully saturated rings. The number of ether oxygens (including phenoxy) is 8. The summed E-state index contributed by atoms with van der Waals surface area (Å²) in [5.41, 5.74) is 0. The lowest BCUT2D eigenvalue weighted by molar-refractivity contribution is -0.372. The lowest BCUT2D eigenvalue weighted by Gasteiger charge is -2.52. The summed E-state index contributed by atoms with van der Waals surface area (Å²) < 4.78 is 46.7. The third-order valence-electron chi connectivity index (χ3n) is 12.0. The van der Waals surface area contributed by atoms with Crippen LogP contribution in [0.15, 0.2) is 0 Å². The lowest BCUT2D eigenvalue weighted by Crippen LogP contribution is -2.65. The third kappa shape index (κ3) is 10.1. The van der Waals surface area contributed by atoms with E-state index in [1.54, 1.807) is 0 Å². The van der Waals surface area contributed by atoms with Crippen molar-refractivity contribution in [3.63, 3.8) is 0 Å². The van der Waals surface area contributed by atoms with E-state index in [2.05, 4.69) is 0 Å². The molecule has 334 valence electrons. The number of aliphatic hydroxyl groups is 12. The fraction of sp³-hybridized carbons (Fsp3) is 0.943. The van der Waals surface area contributed by atoms with Crippen molar-refractivity contribution in [1.82, 2.24) is 0 Å². The normalized spacial score (nSPS) is 50.1. The van der Waals surface area contributed by atoms with Gasteiger partial charge in [-0.1, -0.05) is 0 Å². The fourth-order valence-electron chi connectivity index (χ4n) is 8.74. The number of rotatable bonds is 12. The fourth-order valence-corrected chi connectivity index (χ4v) is 8.74. The van der Waals surface area contributed by atoms with Gasteiger partial charge in [-0.25, -0.2) is 0 Å². The third-order valence-corrected chi connectivity index (χ3v) is 12.0. The van der Waals surface area contributed by atoms with Crippen LogP contribution in [0.5, 0.6) is 0 Å². The number of hydrogen-bond acceptors (Lipinski definition) is 22. The first-order chi connectivity index (χ1) is 27.5. The van der Waals surface area contributed by atoms with Crippen LogP contribution >= 0.6 is 0 Å². The van der Waals surface area contributed by atoms with Crippen LogP contribution in [0.2, 0.25) is 0 Å². The highest BCUT2D eigenvalue weighted by Gasteiger charge is 2.55. The second-order valence-corrected chi connectivity index (χ2v) is 16.0. The van der Waals surface area contributed by atoms with Gasteiger partial charge in [0.2, 0.25) is 0 Å². The van der Waals surface area contributed by atoms with E-state index in [4.69, 9.17) is 43.0 Å². The first kappa shape index (κ1) is 45.7. The molecular formula is C35H56O23. The second kappa shape index (κ2) is 19.5. The molecule has 23 nitrogen and oxygen atoms in total. The number of fused-ring (bicyclic) bond motifs is 1. The van der Waals surface area contributed by atoms with Crippen LogP contribution in [-0.2, 0) is 47.5 Å². The predicted molar refractivity (Wildman–Crippen MR) is 181 cm³/mol. The number of aliphatic hydroxyl groups excluding tert-OH is 12. The first-order valence-electron chi connectivity index (χ1n) is 19.5. The standard InChI is InChI=1S/C35H56O23/c36-8-20-25(45)27(47)30(50)34(56-20)53-12-4-15(38)13-6-19(31(54-18(13)5-12)11-1-2-14(37)16(39)3-11)55-35-32(58-33-29(49)24(44)17(40)9-52-33)28(48)26(46)21(57-35)10-51-23(43)7-22(41)42/h11-21,24-40,44-50H,1-10H2,(H,41,42). The molecule has 2 saturated carbocycles. The summed E-state index contributed by atoms with van der Waals surface area (Å²) in [5.74, 6) is -3.81. The van der Waals surface area contributed by atoms with Crippen LogP contribution in [0.3, 0.4) is 0 Å². The van der Waals surface area contributed by atoms with E-state index >= 15 is 0 Å². The molecule has 23 unspecified atom stereocenters. The molecule has 23 heteroatoms. The van der Waals surface area contributed by atoms with E-state index in [-0.39, 0.29) is 32.1 Å². The van der Waals surface area contributed by atoms with E-state index in [9.17, 15) is 70.9 Å². The molecule has 0 aromatic rings. The van der Waals surface area contributed by atoms with Crippen LogP contribution in [0.1, 0.15) is 44.9 Å². The molecule has 4 heterocycles. The molecule has 0 spiro atoms. The first-order valence-corrected chi connectivity index (χ1v) is 19.5. The van der Waals surface area contributed by atoms with Crippen molar-refractivity contribution in [3.8, 4) is 0 Å². The smallest absolute Gasteiger partial charge is 0.317 e. The van der Waals surface area contributed by atoms with E-state index in [0.717, 1.165) is 0 Å². The van der Waals surface area contributed by atoms with Crippen molar-refractivity contribution in [1.29, 1.82) is 0 Å². The Morgan fingerprint density at radius 2 is 1.29 bits per heavy atom. The highest BCUT2D eigenvalue weighted by Crippen LogP contribution is 2.45. The zero-order chi connectivity index (χ0) is 42.2. The minimum Gasteiger partial charge on any atom is -0.481 e. The van der Waals surface area contributed by atoms with E-state index < -0.39 is 179 Å². The number of carboxylic acids is 1. The summed E-state index contributed by atoms with van der Waals surface area (Å²) in [4.78, 5) is 23.1. The van der Waals surface area contributed by atoms with Gasteiger partial charge in [0.1, 0.15) is 80.2 Å². The van der Waals surface area contributed by atoms with Gasteiger partial charge in [-0.3, -0.25) is 9.59 Å². The Balaban J connectivity index is 1.23. The summed E-state index contributed by atoms with van der Waals surface area (Å²) in [7, 11) is 0. The van der Waals surface area contributed by atoms with Gasteiger partial charge in [-0.2, -0.15) is 0 Å². The van der Waals surface area contributed by atoms with Crippen LogP contribution in [0.25, 0.3) is 0 Å². The monoisotopic (exact) mass is 844 g/mol. The summed E-state index contributed by atoms with van der Waals surface area (Å²) in [6.45, 7) is -1.92. The highest BCUT2D eigenvalue weighted by atomic mass is 16.8. The van der Waals surface area contributed by atoms with Gasteiger partial charge in [0.15, 0.2) is 18.9 Å². The Morgan fingerprint density at radius 3 is 1.98 bits per heavy atom. The van der Waals surface area contributed by atoms with Gasteiger partial charge in [-0.15, -0.1) is 0 Å². The largest absolute Gasteiger partial charge is 0.481 e. The van der Waals surface area contributed by atoms with Gasteiger partial charge in [-0.05, 0) is 31.6 Å². The Labute approximate surface area is 331 Å². The maximum atomic E-state index is 12.1. The van der Waals surface area contributed by atoms with Crippen molar-refractivity contribution in [2.24, 2.45) is 11.8 Å². The summed E-state index contributed by atoms with van der Waals surface area (Å²) in [6.07, 6.45) is -30.4. The number of hydrogen-bond donors (Lipinski definition) is 13. The Morgan fingerprint density at radius 1 is 0.603 bits per heavy atom. The maximum absolute atomic E-state index is 12.1. The van der Waals surface area contributed by atoms with Gasteiger partial charge >= 0.3 is 11.9 Å². The molecule has 2 aliphatic carbocycles. The summed E-state index contributed by atoms with van der Waals surface area (Å²) in [5, 5.41) is 135. The molecule has 0 radical (unpaired) electrons. The van der Waals surface area contributed by atoms with Gasteiger partial charge in [0, 0.05) is 18.8 Å². The number of aliphatic carboxylic acids is 1. The second-order valence-electron chi connectivity index (χ2n) is 16.0. The Bertz CT molecular complexity index is 1360. The van der Waals surface area contributed by atoms with Gasteiger partial charge < -0.3 is 104 Å². The minimum absolute atomic E-state index is 0.0310. The number of carbonyl (C=O) groups is 2. The average Bonchev–Trinajstić information content (AvgIpc) is 3.18. The quantitative estimate of drug-likeness (QED) is 0.0641. The number of carboxylic acid groups (broad SMARTS) is 1. The molecule has 58 heavy (non-hydrogen) atoms. The molecule has 0 amide bonds. The Hall–Kier alpha value is -1.82. The molecular weight excluding hydrogens is 788 g/mol. The van der Waals surface area contributed by atoms with Crippen LogP contribution < -0.4 is 0 Å². The lowest BCUT2D eigenvalue weighted by atomic mass is 9.72. The topological polar surface area (TPSA) is 371 Å². The highest BCUT2D eigenvalue weighted by molar-refractivity contribution is 5.90. The molecule has 0 bridgehead atoms. The maximum Gasteiger partial charge on any atom is 0.317 e. The van der Waals surface area contributed by atoms with Gasteiger partial charge in [0.05, 0.1) is 55.9 Å². The zero-order valence-electron chi connectivity index (χ0n) is 31.2. The van der Waals surface area contributed by atoms with Crippen molar-refractivity contribution >= 4 is 11.9 Å². The van der Waals surface area contributed by atoms with E-state index in [1.807, 2.05) is 0 Å². The van der Waals surface area contributed by atoms with Crippen LogP contribution in [0.4, 0.5) is 0 Å². The van der Waals surface area contributed by atoms with Crippen molar-refractivity contribution < 1.29 is 114 Å². The molecule has 4 aliphatic heterocycles. The number of carbonyl (C=O) groups excluding carboxylic acids is 1. The molecule has 6 aliphatic rings. The van der Waals surface area contributed by atoms with Gasteiger partial charge in [0.25, 0.3) is 0 Å². The summed E-state index contributed by atoms with van der Waals surface area (Å²) in [6, 6.07) is 0. The molecule has 23 atom stereocenters. The minimum atomic E-state index is -1.93. The van der Waals surface area contributed by atoms with Crippen LogP contribution in [0, 0.1) is 11.8 Å².